The van der Waals surface area contributed by atoms with Crippen LogP contribution in [0.2, 0.25) is 0 Å². The maximum absolute atomic E-state index is 13.9. The van der Waals surface area contributed by atoms with Crippen molar-refractivity contribution in [1.29, 1.82) is 0 Å². The molecule has 1 rings (SSSR count). The van der Waals surface area contributed by atoms with Gasteiger partial charge in [-0.25, -0.2) is 4.39 Å². The Labute approximate surface area is 134 Å². The van der Waals surface area contributed by atoms with Gasteiger partial charge in [0, 0.05) is 23.7 Å². The minimum absolute atomic E-state index is 0.0362. The summed E-state index contributed by atoms with van der Waals surface area (Å²) in [5, 5.41) is 13.1. The molecule has 6 heteroatoms. The van der Waals surface area contributed by atoms with Gasteiger partial charge in [-0.05, 0) is 57.3 Å². The summed E-state index contributed by atoms with van der Waals surface area (Å²) >= 11 is 3.38. The molecule has 0 atom stereocenters. The highest BCUT2D eigenvalue weighted by molar-refractivity contribution is 14.2. The van der Waals surface area contributed by atoms with E-state index in [-0.39, 0.29) is 5.75 Å². The van der Waals surface area contributed by atoms with Gasteiger partial charge in [0.25, 0.3) is 0 Å². The molecule has 1 aromatic carbocycles. The monoisotopic (exact) mass is 479 g/mol. The number of ether oxygens (including phenoxy) is 1. The molecule has 0 saturated heterocycles. The van der Waals surface area contributed by atoms with E-state index in [9.17, 15) is 9.50 Å². The van der Waals surface area contributed by atoms with Crippen LogP contribution in [-0.2, 0) is 8.23 Å². The van der Waals surface area contributed by atoms with Crippen LogP contribution >= 0.6 is 45.2 Å². The Balaban J connectivity index is 3.15. The number of methoxy groups -OCH3 is 1. The van der Waals surface area contributed by atoms with Crippen molar-refractivity contribution < 1.29 is 14.2 Å². The Morgan fingerprint density at radius 2 is 2.06 bits per heavy atom. The van der Waals surface area contributed by atoms with Gasteiger partial charge in [0.2, 0.25) is 1.68 Å². The van der Waals surface area contributed by atoms with E-state index in [1.165, 1.54) is 13.2 Å². The third-order valence-corrected chi connectivity index (χ3v) is 3.62. The lowest BCUT2D eigenvalue weighted by Gasteiger charge is -2.17. The van der Waals surface area contributed by atoms with Crippen LogP contribution in [0.15, 0.2) is 12.1 Å². The predicted octanol–water partition coefficient (Wildman–Crippen LogP) is 3.85. The summed E-state index contributed by atoms with van der Waals surface area (Å²) in [5.74, 6) is 0.356. The molecule has 102 valence electrons. The van der Waals surface area contributed by atoms with Gasteiger partial charge in [0.1, 0.15) is 0 Å². The second-order valence-electron chi connectivity index (χ2n) is 4.22. The van der Waals surface area contributed by atoms with Crippen LogP contribution < -0.4 is 10.1 Å². The van der Waals surface area contributed by atoms with Crippen molar-refractivity contribution in [2.75, 3.05) is 7.11 Å². The van der Waals surface area contributed by atoms with E-state index in [1.54, 1.807) is 51.2 Å². The Hall–Kier alpha value is 0.170. The van der Waals surface area contributed by atoms with Crippen LogP contribution in [0.1, 0.15) is 25.0 Å². The average molecular weight is 479 g/mol. The number of rotatable bonds is 5. The van der Waals surface area contributed by atoms with E-state index in [0.29, 0.717) is 23.9 Å². The van der Waals surface area contributed by atoms with E-state index in [0.717, 1.165) is 5.56 Å². The summed E-state index contributed by atoms with van der Waals surface area (Å²) in [5.41, 5.74) is 1.17. The lowest BCUT2D eigenvalue weighted by molar-refractivity contribution is 0.365. The number of hydrogen-bond donors (Lipinski definition) is 2. The van der Waals surface area contributed by atoms with Crippen LogP contribution in [0.5, 0.6) is 11.5 Å². The predicted molar refractivity (Wildman–Crippen MR) is 87.5 cm³/mol. The number of phenols is 1. The third kappa shape index (κ3) is 4.37. The van der Waals surface area contributed by atoms with E-state index in [4.69, 9.17) is 4.74 Å². The van der Waals surface area contributed by atoms with Crippen molar-refractivity contribution in [1.82, 2.24) is 5.32 Å². The van der Waals surface area contributed by atoms with Gasteiger partial charge < -0.3 is 15.2 Å². The molecular weight excluding hydrogens is 463 g/mol. The summed E-state index contributed by atoms with van der Waals surface area (Å²) in [6.45, 7) is 4.56. The highest BCUT2D eigenvalue weighted by Crippen LogP contribution is 2.44. The molecule has 0 aromatic heterocycles. The van der Waals surface area contributed by atoms with Gasteiger partial charge >= 0.3 is 0 Å². The largest absolute Gasteiger partial charge is 0.504 e. The molecule has 0 aliphatic heterocycles. The fourth-order valence-corrected chi connectivity index (χ4v) is 2.14. The van der Waals surface area contributed by atoms with Crippen LogP contribution in [0, 0.1) is 0 Å². The van der Waals surface area contributed by atoms with Crippen LogP contribution in [0.4, 0.5) is 4.39 Å². The van der Waals surface area contributed by atoms with Gasteiger partial charge in [-0.2, -0.15) is 0 Å². The summed E-state index contributed by atoms with van der Waals surface area (Å²) < 4.78 is 17.5. The van der Waals surface area contributed by atoms with Crippen molar-refractivity contribution in [3.05, 3.63) is 23.3 Å². The highest BCUT2D eigenvalue weighted by atomic mass is 127. The number of benzene rings is 1. The first-order valence-corrected chi connectivity index (χ1v) is 7.62. The molecule has 0 saturated carbocycles. The molecule has 0 unspecified atom stereocenters. The summed E-state index contributed by atoms with van der Waals surface area (Å²) in [6.07, 6.45) is 0. The van der Waals surface area contributed by atoms with Crippen molar-refractivity contribution in [3.63, 3.8) is 0 Å². The molecule has 0 fully saturated rings. The van der Waals surface area contributed by atoms with Gasteiger partial charge in [0.05, 0.1) is 7.11 Å². The van der Waals surface area contributed by atoms with Crippen LogP contribution in [0.25, 0.3) is 0 Å². The normalized spacial score (nSPS) is 11.9. The Morgan fingerprint density at radius 3 is 2.50 bits per heavy atom. The molecule has 2 N–H and O–H groups in total. The smallest absolute Gasteiger partial charge is 0.235 e. The standard InChI is InChI=1S/C12H16FI2NO2/c1-7(2)16-6-8-4-9(12(13,14)15)5-10(17)11(8)18-3/h4-5,7,16-17H,6H2,1-3H3. The lowest BCUT2D eigenvalue weighted by atomic mass is 10.1. The van der Waals surface area contributed by atoms with E-state index in [2.05, 4.69) is 5.32 Å². The van der Waals surface area contributed by atoms with Gasteiger partial charge in [-0.1, -0.05) is 13.8 Å². The summed E-state index contributed by atoms with van der Waals surface area (Å²) in [4.78, 5) is 0. The molecule has 0 bridgehead atoms. The molecule has 0 aliphatic rings. The van der Waals surface area contributed by atoms with Crippen molar-refractivity contribution in [2.24, 2.45) is 0 Å². The Morgan fingerprint density at radius 1 is 1.44 bits per heavy atom. The van der Waals surface area contributed by atoms with Crippen molar-refractivity contribution in [2.45, 2.75) is 28.1 Å². The second-order valence-corrected chi connectivity index (χ2v) is 9.26. The number of hydrogen-bond acceptors (Lipinski definition) is 3. The summed E-state index contributed by atoms with van der Waals surface area (Å²) in [7, 11) is 1.49. The van der Waals surface area contributed by atoms with Crippen molar-refractivity contribution >= 4 is 45.2 Å². The maximum atomic E-state index is 13.9. The molecular formula is C12H16FI2NO2. The highest BCUT2D eigenvalue weighted by Gasteiger charge is 2.26. The zero-order valence-electron chi connectivity index (χ0n) is 10.4. The minimum atomic E-state index is -1.55. The van der Waals surface area contributed by atoms with E-state index >= 15 is 0 Å². The molecule has 0 spiro atoms. The second kappa shape index (κ2) is 6.56. The Kier molecular flexibility index (Phi) is 5.91. The third-order valence-electron chi connectivity index (χ3n) is 2.38. The number of aromatic hydroxyl groups is 1. The van der Waals surface area contributed by atoms with Gasteiger partial charge in [-0.3, -0.25) is 0 Å². The number of halogens is 3. The van der Waals surface area contributed by atoms with Gasteiger partial charge in [-0.15, -0.1) is 0 Å². The number of nitrogens with one attached hydrogen (secondary N) is 1. The SMILES string of the molecule is COc1c(O)cc(C(F)(I)I)cc1CNC(C)C. The molecule has 0 radical (unpaired) electrons. The summed E-state index contributed by atoms with van der Waals surface area (Å²) in [6, 6.07) is 3.42. The van der Waals surface area contributed by atoms with Crippen molar-refractivity contribution in [3.8, 4) is 11.5 Å². The first-order chi connectivity index (χ1) is 8.25. The molecule has 18 heavy (non-hydrogen) atoms. The topological polar surface area (TPSA) is 41.5 Å². The first-order valence-electron chi connectivity index (χ1n) is 5.46. The van der Waals surface area contributed by atoms with Gasteiger partial charge in [0.15, 0.2) is 11.5 Å². The zero-order valence-corrected chi connectivity index (χ0v) is 14.7. The lowest BCUT2D eigenvalue weighted by Crippen LogP contribution is -2.22. The fourth-order valence-electron chi connectivity index (χ4n) is 1.52. The molecule has 3 nitrogen and oxygen atoms in total. The first kappa shape index (κ1) is 16.2. The maximum Gasteiger partial charge on any atom is 0.235 e. The van der Waals surface area contributed by atoms with E-state index in [1.807, 2.05) is 13.8 Å². The molecule has 0 heterocycles. The molecule has 0 amide bonds. The Bertz CT molecular complexity index is 419. The van der Waals surface area contributed by atoms with E-state index < -0.39 is 1.68 Å². The quantitative estimate of drug-likeness (QED) is 0.499. The molecule has 0 aliphatic carbocycles. The number of alkyl halides is 3. The molecule has 1 aromatic rings. The van der Waals surface area contributed by atoms with Crippen LogP contribution in [-0.4, -0.2) is 18.3 Å². The van der Waals surface area contributed by atoms with Crippen LogP contribution in [0.3, 0.4) is 0 Å². The number of phenolic OH excluding ortho intramolecular Hbond substituents is 1. The average Bonchev–Trinajstić information content (AvgIpc) is 2.24. The zero-order chi connectivity index (χ0) is 13.9. The minimum Gasteiger partial charge on any atom is -0.504 e. The fraction of sp³-hybridized carbons (Fsp3) is 0.500.